The van der Waals surface area contributed by atoms with Gasteiger partial charge in [0.25, 0.3) is 14.0 Å². The fraction of sp³-hybridized carbons (Fsp3) is 0.300. The van der Waals surface area contributed by atoms with Crippen molar-refractivity contribution in [3.63, 3.8) is 0 Å². The largest absolute Gasteiger partial charge is 0.516 e. The van der Waals surface area contributed by atoms with Gasteiger partial charge in [-0.05, 0) is 42.4 Å². The fourth-order valence-corrected chi connectivity index (χ4v) is 2.92. The van der Waals surface area contributed by atoms with E-state index in [0.717, 1.165) is 0 Å². The van der Waals surface area contributed by atoms with Gasteiger partial charge in [0.2, 0.25) is 0 Å². The maximum Gasteiger partial charge on any atom is 0.343 e. The number of benzene rings is 2. The average Bonchev–Trinajstić information content (AvgIpc) is 2.60. The topological polar surface area (TPSA) is 95.7 Å². The van der Waals surface area contributed by atoms with Crippen LogP contribution in [0.2, 0.25) is 18.1 Å². The Bertz CT molecular complexity index is 900. The summed E-state index contributed by atoms with van der Waals surface area (Å²) in [4.78, 5) is 35.3. The highest BCUT2D eigenvalue weighted by atomic mass is 28.4. The molecule has 0 aliphatic carbocycles. The van der Waals surface area contributed by atoms with Crippen LogP contribution in [0.3, 0.4) is 0 Å². The van der Waals surface area contributed by atoms with E-state index < -0.39 is 25.2 Å². The third-order valence-electron chi connectivity index (χ3n) is 4.78. The summed E-state index contributed by atoms with van der Waals surface area (Å²) in [5.41, 5.74) is 0.163. The summed E-state index contributed by atoms with van der Waals surface area (Å²) >= 11 is 0. The molecule has 0 saturated carbocycles. The van der Waals surface area contributed by atoms with Gasteiger partial charge in [-0.15, -0.1) is 0 Å². The first-order valence-corrected chi connectivity index (χ1v) is 11.6. The van der Waals surface area contributed by atoms with Crippen molar-refractivity contribution in [3.8, 4) is 5.75 Å². The minimum absolute atomic E-state index is 0.0783. The Morgan fingerprint density at radius 2 is 1.54 bits per heavy atom. The Labute approximate surface area is 164 Å². The zero-order chi connectivity index (χ0) is 21.1. The number of nitro benzene ring substituents is 1. The van der Waals surface area contributed by atoms with E-state index in [4.69, 9.17) is 9.16 Å². The molecule has 28 heavy (non-hydrogen) atoms. The summed E-state index contributed by atoms with van der Waals surface area (Å²) in [5, 5.41) is 10.6. The van der Waals surface area contributed by atoms with E-state index in [1.54, 1.807) is 12.1 Å². The van der Waals surface area contributed by atoms with E-state index in [9.17, 15) is 19.7 Å². The SMILES string of the molecule is CC(C)(C)[Si](C)(C)OC(=O)c1ccccc1OC(=O)c1ccc([N+](=O)[O-])cc1. The second-order valence-corrected chi connectivity index (χ2v) is 12.6. The molecule has 0 bridgehead atoms. The van der Waals surface area contributed by atoms with Crippen molar-refractivity contribution in [2.24, 2.45) is 0 Å². The van der Waals surface area contributed by atoms with Gasteiger partial charge >= 0.3 is 11.9 Å². The quantitative estimate of drug-likeness (QED) is 0.231. The number of carbonyl (C=O) groups is 2. The Morgan fingerprint density at radius 3 is 2.07 bits per heavy atom. The van der Waals surface area contributed by atoms with Crippen LogP contribution >= 0.6 is 0 Å². The van der Waals surface area contributed by atoms with Crippen LogP contribution in [-0.2, 0) is 4.43 Å². The lowest BCUT2D eigenvalue weighted by Crippen LogP contribution is -2.42. The van der Waals surface area contributed by atoms with E-state index in [1.165, 1.54) is 36.4 Å². The summed E-state index contributed by atoms with van der Waals surface area (Å²) in [6, 6.07) is 11.4. The Morgan fingerprint density at radius 1 is 0.964 bits per heavy atom. The first kappa shape index (κ1) is 21.3. The van der Waals surface area contributed by atoms with E-state index in [-0.39, 0.29) is 27.6 Å². The van der Waals surface area contributed by atoms with Crippen LogP contribution in [0.1, 0.15) is 41.5 Å². The van der Waals surface area contributed by atoms with Gasteiger partial charge in [-0.2, -0.15) is 0 Å². The second kappa shape index (κ2) is 7.93. The number of para-hydroxylation sites is 1. The molecular weight excluding hydrogens is 378 g/mol. The van der Waals surface area contributed by atoms with Crippen LogP contribution in [0.4, 0.5) is 5.69 Å². The van der Waals surface area contributed by atoms with E-state index in [1.807, 2.05) is 33.9 Å². The van der Waals surface area contributed by atoms with Crippen LogP contribution < -0.4 is 4.74 Å². The fourth-order valence-electron chi connectivity index (χ4n) is 2.04. The molecule has 2 aromatic rings. The van der Waals surface area contributed by atoms with Crippen LogP contribution in [0.25, 0.3) is 0 Å². The predicted molar refractivity (Wildman–Crippen MR) is 107 cm³/mol. The molecule has 0 amide bonds. The molecule has 7 nitrogen and oxygen atoms in total. The van der Waals surface area contributed by atoms with Crippen molar-refractivity contribution >= 4 is 25.9 Å². The molecule has 0 unspecified atom stereocenters. The standard InChI is InChI=1S/C20H23NO6Si/c1-20(2,3)28(4,5)27-19(23)16-8-6-7-9-17(16)26-18(22)14-10-12-15(13-11-14)21(24)25/h6-13H,1-5H3. The number of hydrogen-bond donors (Lipinski definition) is 0. The molecule has 0 atom stereocenters. The first-order valence-electron chi connectivity index (χ1n) is 8.71. The van der Waals surface area contributed by atoms with Gasteiger partial charge in [-0.25, -0.2) is 9.59 Å². The van der Waals surface area contributed by atoms with Crippen LogP contribution in [0, 0.1) is 10.1 Å². The number of hydrogen-bond acceptors (Lipinski definition) is 6. The third kappa shape index (κ3) is 4.83. The number of non-ortho nitro benzene ring substituents is 1. The van der Waals surface area contributed by atoms with E-state index in [2.05, 4.69) is 0 Å². The van der Waals surface area contributed by atoms with Crippen molar-refractivity contribution in [2.45, 2.75) is 38.9 Å². The maximum absolute atomic E-state index is 12.7. The minimum atomic E-state index is -2.35. The number of nitrogens with zero attached hydrogens (tertiary/aromatic N) is 1. The summed E-state index contributed by atoms with van der Waals surface area (Å²) in [5.74, 6) is -1.18. The molecule has 0 heterocycles. The summed E-state index contributed by atoms with van der Waals surface area (Å²) < 4.78 is 11.2. The molecule has 2 rings (SSSR count). The smallest absolute Gasteiger partial charge is 0.343 e. The molecule has 8 heteroatoms. The van der Waals surface area contributed by atoms with Gasteiger partial charge in [0.15, 0.2) is 0 Å². The highest BCUT2D eigenvalue weighted by Gasteiger charge is 2.41. The van der Waals surface area contributed by atoms with Gasteiger partial charge in [-0.3, -0.25) is 10.1 Å². The highest BCUT2D eigenvalue weighted by Crippen LogP contribution is 2.37. The third-order valence-corrected chi connectivity index (χ3v) is 9.09. The lowest BCUT2D eigenvalue weighted by atomic mass is 10.2. The molecule has 0 spiro atoms. The second-order valence-electron chi connectivity index (χ2n) is 7.84. The number of nitro groups is 1. The average molecular weight is 401 g/mol. The molecule has 2 aromatic carbocycles. The highest BCUT2D eigenvalue weighted by molar-refractivity contribution is 6.75. The lowest BCUT2D eigenvalue weighted by Gasteiger charge is -2.35. The van der Waals surface area contributed by atoms with Gasteiger partial charge in [0.05, 0.1) is 10.5 Å². The van der Waals surface area contributed by atoms with Crippen molar-refractivity contribution in [3.05, 3.63) is 69.8 Å². The Kier molecular flexibility index (Phi) is 6.03. The minimum Gasteiger partial charge on any atom is -0.516 e. The number of rotatable bonds is 5. The molecule has 0 aliphatic heterocycles. The van der Waals surface area contributed by atoms with Gasteiger partial charge in [0.1, 0.15) is 11.3 Å². The van der Waals surface area contributed by atoms with Gasteiger partial charge in [-0.1, -0.05) is 32.9 Å². The number of ether oxygens (including phenoxy) is 1. The summed E-state index contributed by atoms with van der Waals surface area (Å²) in [7, 11) is -2.35. The lowest BCUT2D eigenvalue weighted by molar-refractivity contribution is -0.384. The van der Waals surface area contributed by atoms with Crippen LogP contribution in [0.5, 0.6) is 5.75 Å². The van der Waals surface area contributed by atoms with E-state index in [0.29, 0.717) is 0 Å². The van der Waals surface area contributed by atoms with Gasteiger partial charge in [0, 0.05) is 12.1 Å². The van der Waals surface area contributed by atoms with Crippen molar-refractivity contribution in [2.75, 3.05) is 0 Å². The maximum atomic E-state index is 12.7. The van der Waals surface area contributed by atoms with Crippen molar-refractivity contribution < 1.29 is 23.7 Å². The number of carbonyl (C=O) groups excluding carboxylic acids is 2. The predicted octanol–water partition coefficient (Wildman–Crippen LogP) is 4.98. The van der Waals surface area contributed by atoms with Gasteiger partial charge < -0.3 is 9.16 Å². The molecule has 148 valence electrons. The summed E-state index contributed by atoms with van der Waals surface area (Å²) in [6.07, 6.45) is 0. The molecule has 0 fully saturated rings. The number of esters is 1. The zero-order valence-electron chi connectivity index (χ0n) is 16.5. The van der Waals surface area contributed by atoms with E-state index >= 15 is 0 Å². The Hall–Kier alpha value is -3.00. The van der Waals surface area contributed by atoms with Crippen LogP contribution in [0.15, 0.2) is 48.5 Å². The zero-order valence-corrected chi connectivity index (χ0v) is 17.5. The first-order chi connectivity index (χ1) is 12.9. The van der Waals surface area contributed by atoms with Crippen molar-refractivity contribution in [1.82, 2.24) is 0 Å². The monoisotopic (exact) mass is 401 g/mol. The van der Waals surface area contributed by atoms with Crippen LogP contribution in [-0.4, -0.2) is 25.2 Å². The summed E-state index contributed by atoms with van der Waals surface area (Å²) in [6.45, 7) is 9.97. The molecule has 0 N–H and O–H groups in total. The molecule has 0 aliphatic rings. The molecule has 0 radical (unpaired) electrons. The van der Waals surface area contributed by atoms with Crippen molar-refractivity contribution in [1.29, 1.82) is 0 Å². The molecule has 0 aromatic heterocycles. The Balaban J connectivity index is 2.23. The normalized spacial score (nSPS) is 11.6. The molecule has 0 saturated heterocycles. The molecular formula is C20H23NO6Si.